The first-order valence-corrected chi connectivity index (χ1v) is 7.29. The van der Waals surface area contributed by atoms with Crippen molar-refractivity contribution in [2.75, 3.05) is 20.1 Å². The van der Waals surface area contributed by atoms with Gasteiger partial charge in [-0.05, 0) is 44.3 Å². The number of hydrogen-bond donors (Lipinski definition) is 1. The zero-order valence-corrected chi connectivity index (χ0v) is 12.5. The lowest BCUT2D eigenvalue weighted by molar-refractivity contribution is 0.319. The van der Waals surface area contributed by atoms with Gasteiger partial charge in [0.2, 0.25) is 0 Å². The number of benzene rings is 1. The summed E-state index contributed by atoms with van der Waals surface area (Å²) < 4.78 is 2.16. The van der Waals surface area contributed by atoms with Gasteiger partial charge in [0.15, 0.2) is 0 Å². The second kappa shape index (κ2) is 7.88. The molecule has 0 unspecified atom stereocenters. The van der Waals surface area contributed by atoms with Crippen LogP contribution in [0.4, 0.5) is 0 Å². The first-order chi connectivity index (χ1) is 9.75. The van der Waals surface area contributed by atoms with Crippen molar-refractivity contribution in [2.45, 2.75) is 19.5 Å². The third-order valence-corrected chi connectivity index (χ3v) is 3.55. The molecule has 0 fully saturated rings. The van der Waals surface area contributed by atoms with Crippen molar-refractivity contribution in [3.63, 3.8) is 0 Å². The second-order valence-electron chi connectivity index (χ2n) is 5.36. The minimum Gasteiger partial charge on any atom is -0.353 e. The molecule has 0 amide bonds. The van der Waals surface area contributed by atoms with Crippen molar-refractivity contribution in [3.8, 4) is 0 Å². The van der Waals surface area contributed by atoms with Gasteiger partial charge in [-0.2, -0.15) is 0 Å². The Morgan fingerprint density at radius 3 is 2.60 bits per heavy atom. The van der Waals surface area contributed by atoms with E-state index in [4.69, 9.17) is 0 Å². The first-order valence-electron chi connectivity index (χ1n) is 7.29. The Morgan fingerprint density at radius 2 is 1.90 bits per heavy atom. The monoisotopic (exact) mass is 271 g/mol. The molecule has 3 heteroatoms. The third-order valence-electron chi connectivity index (χ3n) is 3.55. The number of aromatic nitrogens is 1. The molecule has 0 saturated heterocycles. The Bertz CT molecular complexity index is 490. The van der Waals surface area contributed by atoms with Crippen molar-refractivity contribution < 1.29 is 0 Å². The van der Waals surface area contributed by atoms with Crippen LogP contribution in [0, 0.1) is 0 Å². The zero-order chi connectivity index (χ0) is 14.2. The van der Waals surface area contributed by atoms with E-state index in [2.05, 4.69) is 77.5 Å². The van der Waals surface area contributed by atoms with Gasteiger partial charge in [0, 0.05) is 32.0 Å². The predicted octanol–water partition coefficient (Wildman–Crippen LogP) is 2.64. The fourth-order valence-corrected chi connectivity index (χ4v) is 2.34. The molecule has 3 nitrogen and oxygen atoms in total. The number of nitrogens with zero attached hydrogens (tertiary/aromatic N) is 2. The van der Waals surface area contributed by atoms with E-state index in [-0.39, 0.29) is 0 Å². The van der Waals surface area contributed by atoms with Gasteiger partial charge >= 0.3 is 0 Å². The molecule has 2 aromatic rings. The molecule has 0 aliphatic rings. The molecule has 2 rings (SSSR count). The summed E-state index contributed by atoms with van der Waals surface area (Å²) in [5.74, 6) is 0. The summed E-state index contributed by atoms with van der Waals surface area (Å²) in [6, 6.07) is 14.9. The highest BCUT2D eigenvalue weighted by atomic mass is 15.1. The van der Waals surface area contributed by atoms with Gasteiger partial charge in [0.25, 0.3) is 0 Å². The number of aryl methyl sites for hydroxylation is 1. The van der Waals surface area contributed by atoms with Crippen LogP contribution in [0.2, 0.25) is 0 Å². The van der Waals surface area contributed by atoms with E-state index in [1.54, 1.807) is 0 Å². The molecule has 108 valence electrons. The van der Waals surface area contributed by atoms with Gasteiger partial charge in [0.05, 0.1) is 0 Å². The van der Waals surface area contributed by atoms with Crippen molar-refractivity contribution in [1.29, 1.82) is 0 Å². The maximum atomic E-state index is 3.50. The van der Waals surface area contributed by atoms with Crippen molar-refractivity contribution in [3.05, 3.63) is 59.9 Å². The smallest absolute Gasteiger partial charge is 0.0359 e. The van der Waals surface area contributed by atoms with E-state index in [1.165, 1.54) is 17.7 Å². The Morgan fingerprint density at radius 1 is 1.10 bits per heavy atom. The third kappa shape index (κ3) is 4.83. The van der Waals surface area contributed by atoms with E-state index in [9.17, 15) is 0 Å². The van der Waals surface area contributed by atoms with Crippen LogP contribution in [0.1, 0.15) is 17.7 Å². The van der Waals surface area contributed by atoms with E-state index in [0.717, 1.165) is 26.2 Å². The molecule has 1 aromatic carbocycles. The zero-order valence-electron chi connectivity index (χ0n) is 12.5. The van der Waals surface area contributed by atoms with Crippen LogP contribution >= 0.6 is 0 Å². The summed E-state index contributed by atoms with van der Waals surface area (Å²) in [4.78, 5) is 2.37. The van der Waals surface area contributed by atoms with Gasteiger partial charge in [-0.3, -0.25) is 0 Å². The van der Waals surface area contributed by atoms with Crippen LogP contribution in [-0.2, 0) is 20.1 Å². The van der Waals surface area contributed by atoms with Crippen LogP contribution in [0.5, 0.6) is 0 Å². The summed E-state index contributed by atoms with van der Waals surface area (Å²) in [5, 5.41) is 3.50. The molecular weight excluding hydrogens is 246 g/mol. The highest BCUT2D eigenvalue weighted by molar-refractivity contribution is 5.14. The topological polar surface area (TPSA) is 20.2 Å². The molecule has 1 aromatic heterocycles. The van der Waals surface area contributed by atoms with Crippen LogP contribution in [-0.4, -0.2) is 29.6 Å². The van der Waals surface area contributed by atoms with E-state index >= 15 is 0 Å². The largest absolute Gasteiger partial charge is 0.353 e. The number of rotatable bonds is 8. The molecule has 0 aliphatic heterocycles. The summed E-state index contributed by atoms with van der Waals surface area (Å²) >= 11 is 0. The van der Waals surface area contributed by atoms with Crippen LogP contribution in [0.3, 0.4) is 0 Å². The highest BCUT2D eigenvalue weighted by Crippen LogP contribution is 2.03. The minimum absolute atomic E-state index is 0.950. The normalized spacial score (nSPS) is 11.2. The molecule has 0 radical (unpaired) electrons. The van der Waals surface area contributed by atoms with Gasteiger partial charge < -0.3 is 14.8 Å². The molecule has 0 saturated carbocycles. The lowest BCUT2D eigenvalue weighted by Crippen LogP contribution is -2.24. The molecule has 0 spiro atoms. The molecular formula is C17H25N3. The lowest BCUT2D eigenvalue weighted by atomic mass is 10.2. The van der Waals surface area contributed by atoms with E-state index < -0.39 is 0 Å². The standard InChI is InChI=1S/C17H25N3/c1-19(15-16-8-4-3-5-9-16)12-7-11-18-14-17-10-6-13-20(17)2/h3-6,8-10,13,18H,7,11-12,14-15H2,1-2H3. The predicted molar refractivity (Wildman–Crippen MR) is 84.5 cm³/mol. The SMILES string of the molecule is CN(CCCNCc1cccn1C)Cc1ccccc1. The molecule has 0 aliphatic carbocycles. The fourth-order valence-electron chi connectivity index (χ4n) is 2.34. The Labute approximate surface area is 122 Å². The molecule has 0 bridgehead atoms. The van der Waals surface area contributed by atoms with Gasteiger partial charge in [-0.15, -0.1) is 0 Å². The maximum absolute atomic E-state index is 3.50. The molecule has 20 heavy (non-hydrogen) atoms. The van der Waals surface area contributed by atoms with Crippen molar-refractivity contribution >= 4 is 0 Å². The second-order valence-corrected chi connectivity index (χ2v) is 5.36. The van der Waals surface area contributed by atoms with Gasteiger partial charge in [0.1, 0.15) is 0 Å². The van der Waals surface area contributed by atoms with E-state index in [0.29, 0.717) is 0 Å². The van der Waals surface area contributed by atoms with Crippen LogP contribution < -0.4 is 5.32 Å². The Balaban J connectivity index is 1.58. The molecule has 1 heterocycles. The van der Waals surface area contributed by atoms with Gasteiger partial charge in [-0.25, -0.2) is 0 Å². The lowest BCUT2D eigenvalue weighted by Gasteiger charge is -2.16. The Kier molecular flexibility index (Phi) is 5.84. The van der Waals surface area contributed by atoms with Crippen LogP contribution in [0.15, 0.2) is 48.7 Å². The average Bonchev–Trinajstić information content (AvgIpc) is 2.85. The number of hydrogen-bond acceptors (Lipinski definition) is 2. The highest BCUT2D eigenvalue weighted by Gasteiger charge is 2.00. The average molecular weight is 271 g/mol. The van der Waals surface area contributed by atoms with Gasteiger partial charge in [-0.1, -0.05) is 30.3 Å². The summed E-state index contributed by atoms with van der Waals surface area (Å²) in [7, 11) is 4.27. The summed E-state index contributed by atoms with van der Waals surface area (Å²) in [5.41, 5.74) is 2.72. The van der Waals surface area contributed by atoms with E-state index in [1.807, 2.05) is 0 Å². The maximum Gasteiger partial charge on any atom is 0.0359 e. The van der Waals surface area contributed by atoms with Crippen molar-refractivity contribution in [1.82, 2.24) is 14.8 Å². The summed E-state index contributed by atoms with van der Waals surface area (Å²) in [6.07, 6.45) is 3.26. The Hall–Kier alpha value is -1.58. The van der Waals surface area contributed by atoms with Crippen molar-refractivity contribution in [2.24, 2.45) is 7.05 Å². The number of nitrogens with one attached hydrogen (secondary N) is 1. The molecule has 0 atom stereocenters. The first kappa shape index (κ1) is 14.8. The quantitative estimate of drug-likeness (QED) is 0.745. The van der Waals surface area contributed by atoms with Crippen LogP contribution in [0.25, 0.3) is 0 Å². The fraction of sp³-hybridized carbons (Fsp3) is 0.412. The minimum atomic E-state index is 0.950. The summed E-state index contributed by atoms with van der Waals surface area (Å²) in [6.45, 7) is 4.16. The molecule has 1 N–H and O–H groups in total.